The zero-order valence-electron chi connectivity index (χ0n) is 12.8. The minimum Gasteiger partial charge on any atom is -0.497 e. The van der Waals surface area contributed by atoms with Crippen molar-refractivity contribution in [3.63, 3.8) is 0 Å². The van der Waals surface area contributed by atoms with Crippen LogP contribution in [0.4, 0.5) is 0 Å². The van der Waals surface area contributed by atoms with Gasteiger partial charge in [-0.15, -0.1) is 0 Å². The molecule has 6 heteroatoms. The molecule has 5 nitrogen and oxygen atoms in total. The summed E-state index contributed by atoms with van der Waals surface area (Å²) in [6.07, 6.45) is 2.73. The summed E-state index contributed by atoms with van der Waals surface area (Å²) in [7, 11) is -2.00. The number of nitrogens with zero attached hydrogens (tertiary/aromatic N) is 1. The van der Waals surface area contributed by atoms with Crippen molar-refractivity contribution in [2.75, 3.05) is 20.3 Å². The van der Waals surface area contributed by atoms with Crippen molar-refractivity contribution in [3.05, 3.63) is 18.2 Å². The zero-order valence-corrected chi connectivity index (χ0v) is 13.6. The van der Waals surface area contributed by atoms with Crippen LogP contribution in [0.1, 0.15) is 33.1 Å². The number of methoxy groups -OCH3 is 1. The van der Waals surface area contributed by atoms with Gasteiger partial charge >= 0.3 is 0 Å². The number of ether oxygens (including phenoxy) is 2. The summed E-state index contributed by atoms with van der Waals surface area (Å²) < 4.78 is 38.2. The molecule has 0 spiro atoms. The maximum absolute atomic E-state index is 12.9. The molecular weight excluding hydrogens is 290 g/mol. The SMILES string of the molecule is COc1ccc2c(c1)OCCCCCN(C(C)C)S2(=O)=O. The van der Waals surface area contributed by atoms with Gasteiger partial charge in [0.2, 0.25) is 10.0 Å². The molecule has 0 aromatic heterocycles. The fraction of sp³-hybridized carbons (Fsp3) is 0.600. The van der Waals surface area contributed by atoms with Crippen LogP contribution in [0.2, 0.25) is 0 Å². The van der Waals surface area contributed by atoms with E-state index >= 15 is 0 Å². The summed E-state index contributed by atoms with van der Waals surface area (Å²) in [4.78, 5) is 0.221. The molecule has 1 aromatic rings. The summed E-state index contributed by atoms with van der Waals surface area (Å²) in [5, 5.41) is 0. The Labute approximate surface area is 126 Å². The van der Waals surface area contributed by atoms with Gasteiger partial charge in [-0.1, -0.05) is 0 Å². The summed E-state index contributed by atoms with van der Waals surface area (Å²) in [5.74, 6) is 0.971. The van der Waals surface area contributed by atoms with Crippen molar-refractivity contribution in [1.29, 1.82) is 0 Å². The van der Waals surface area contributed by atoms with Gasteiger partial charge in [0, 0.05) is 18.7 Å². The third kappa shape index (κ3) is 3.49. The molecule has 1 aliphatic rings. The van der Waals surface area contributed by atoms with Crippen molar-refractivity contribution in [3.8, 4) is 11.5 Å². The monoisotopic (exact) mass is 313 g/mol. The topological polar surface area (TPSA) is 55.8 Å². The molecule has 1 heterocycles. The van der Waals surface area contributed by atoms with E-state index in [4.69, 9.17) is 9.47 Å². The predicted octanol–water partition coefficient (Wildman–Crippen LogP) is 2.66. The number of hydrogen-bond donors (Lipinski definition) is 0. The summed E-state index contributed by atoms with van der Waals surface area (Å²) in [5.41, 5.74) is 0. The van der Waals surface area contributed by atoms with E-state index in [1.807, 2.05) is 13.8 Å². The van der Waals surface area contributed by atoms with Gasteiger partial charge in [0.15, 0.2) is 0 Å². The van der Waals surface area contributed by atoms with E-state index in [0.29, 0.717) is 24.7 Å². The highest BCUT2D eigenvalue weighted by Gasteiger charge is 2.30. The maximum atomic E-state index is 12.9. The highest BCUT2D eigenvalue weighted by molar-refractivity contribution is 7.89. The molecule has 1 aliphatic heterocycles. The first-order valence-corrected chi connectivity index (χ1v) is 8.73. The molecular formula is C15H23NO4S. The first-order valence-electron chi connectivity index (χ1n) is 7.29. The molecule has 0 fully saturated rings. The van der Waals surface area contributed by atoms with E-state index in [9.17, 15) is 8.42 Å². The van der Waals surface area contributed by atoms with Crippen molar-refractivity contribution in [1.82, 2.24) is 4.31 Å². The van der Waals surface area contributed by atoms with E-state index in [0.717, 1.165) is 19.3 Å². The Morgan fingerprint density at radius 1 is 1.24 bits per heavy atom. The Hall–Kier alpha value is -1.27. The standard InChI is InChI=1S/C15H23NO4S/c1-12(2)16-9-5-4-6-10-20-14-11-13(19-3)7-8-15(14)21(16,17)18/h7-8,11-12H,4-6,9-10H2,1-3H3. The van der Waals surface area contributed by atoms with Gasteiger partial charge in [-0.05, 0) is 45.2 Å². The Morgan fingerprint density at radius 2 is 2.00 bits per heavy atom. The molecule has 0 bridgehead atoms. The van der Waals surface area contributed by atoms with Crippen LogP contribution >= 0.6 is 0 Å². The zero-order chi connectivity index (χ0) is 15.5. The Morgan fingerprint density at radius 3 is 2.67 bits per heavy atom. The average molecular weight is 313 g/mol. The van der Waals surface area contributed by atoms with Crippen LogP contribution in [0.25, 0.3) is 0 Å². The molecule has 0 saturated heterocycles. The molecule has 2 rings (SSSR count). The normalized spacial score (nSPS) is 19.6. The second-order valence-electron chi connectivity index (χ2n) is 5.43. The third-order valence-electron chi connectivity index (χ3n) is 3.59. The quantitative estimate of drug-likeness (QED) is 0.842. The van der Waals surface area contributed by atoms with Gasteiger partial charge in [-0.3, -0.25) is 0 Å². The van der Waals surface area contributed by atoms with Gasteiger partial charge in [0.1, 0.15) is 16.4 Å². The number of sulfonamides is 1. The lowest BCUT2D eigenvalue weighted by Crippen LogP contribution is -2.38. The fourth-order valence-electron chi connectivity index (χ4n) is 2.45. The Bertz CT molecular complexity index is 583. The van der Waals surface area contributed by atoms with Crippen LogP contribution in [0, 0.1) is 0 Å². The van der Waals surface area contributed by atoms with Crippen LogP contribution in [0.15, 0.2) is 23.1 Å². The Kier molecular flexibility index (Phi) is 5.11. The number of fused-ring (bicyclic) bond motifs is 1. The number of rotatable bonds is 2. The summed E-state index contributed by atoms with van der Waals surface area (Å²) in [6.45, 7) is 4.86. The van der Waals surface area contributed by atoms with Gasteiger partial charge in [0.25, 0.3) is 0 Å². The van der Waals surface area contributed by atoms with Gasteiger partial charge in [-0.2, -0.15) is 4.31 Å². The highest BCUT2D eigenvalue weighted by atomic mass is 32.2. The van der Waals surface area contributed by atoms with Crippen molar-refractivity contribution in [2.24, 2.45) is 0 Å². The summed E-state index contributed by atoms with van der Waals surface area (Å²) in [6, 6.07) is 4.79. The average Bonchev–Trinajstić information content (AvgIpc) is 2.44. The predicted molar refractivity (Wildman–Crippen MR) is 81.4 cm³/mol. The molecule has 0 unspecified atom stereocenters. The molecule has 0 amide bonds. The Balaban J connectivity index is 2.52. The largest absolute Gasteiger partial charge is 0.497 e. The van der Waals surface area contributed by atoms with E-state index in [1.165, 1.54) is 0 Å². The van der Waals surface area contributed by atoms with Crippen molar-refractivity contribution < 1.29 is 17.9 Å². The smallest absolute Gasteiger partial charge is 0.246 e. The van der Waals surface area contributed by atoms with Crippen LogP contribution in [0.5, 0.6) is 11.5 Å². The molecule has 118 valence electrons. The van der Waals surface area contributed by atoms with Crippen LogP contribution < -0.4 is 9.47 Å². The van der Waals surface area contributed by atoms with E-state index < -0.39 is 10.0 Å². The highest BCUT2D eigenvalue weighted by Crippen LogP contribution is 2.32. The molecule has 1 aromatic carbocycles. The minimum absolute atomic E-state index is 0.0793. The molecule has 0 atom stereocenters. The lowest BCUT2D eigenvalue weighted by molar-refractivity contribution is 0.278. The number of benzene rings is 1. The third-order valence-corrected chi connectivity index (χ3v) is 5.71. The fourth-order valence-corrected chi connectivity index (χ4v) is 4.24. The van der Waals surface area contributed by atoms with Gasteiger partial charge in [-0.25, -0.2) is 8.42 Å². The lowest BCUT2D eigenvalue weighted by Gasteiger charge is -2.28. The molecule has 0 aliphatic carbocycles. The first-order chi connectivity index (χ1) is 9.96. The number of hydrogen-bond acceptors (Lipinski definition) is 4. The van der Waals surface area contributed by atoms with Gasteiger partial charge in [0.05, 0.1) is 13.7 Å². The second-order valence-corrected chi connectivity index (χ2v) is 7.29. The van der Waals surface area contributed by atoms with Crippen molar-refractivity contribution >= 4 is 10.0 Å². The molecule has 0 N–H and O–H groups in total. The first kappa shape index (κ1) is 16.1. The van der Waals surface area contributed by atoms with Crippen LogP contribution in [0.3, 0.4) is 0 Å². The molecule has 21 heavy (non-hydrogen) atoms. The van der Waals surface area contributed by atoms with Crippen LogP contribution in [-0.4, -0.2) is 39.0 Å². The van der Waals surface area contributed by atoms with E-state index in [1.54, 1.807) is 29.6 Å². The van der Waals surface area contributed by atoms with E-state index in [2.05, 4.69) is 0 Å². The molecule has 0 saturated carbocycles. The molecule has 0 radical (unpaired) electrons. The lowest BCUT2D eigenvalue weighted by atomic mass is 10.2. The minimum atomic E-state index is -3.55. The summed E-state index contributed by atoms with van der Waals surface area (Å²) >= 11 is 0. The van der Waals surface area contributed by atoms with Gasteiger partial charge < -0.3 is 9.47 Å². The second kappa shape index (κ2) is 6.66. The van der Waals surface area contributed by atoms with Crippen molar-refractivity contribution in [2.45, 2.75) is 44.0 Å². The maximum Gasteiger partial charge on any atom is 0.246 e. The van der Waals surface area contributed by atoms with E-state index in [-0.39, 0.29) is 10.9 Å². The van der Waals surface area contributed by atoms with Crippen LogP contribution in [-0.2, 0) is 10.0 Å².